The Morgan fingerprint density at radius 3 is 2.54 bits per heavy atom. The van der Waals surface area contributed by atoms with Crippen molar-refractivity contribution in [2.24, 2.45) is 0 Å². The van der Waals surface area contributed by atoms with Gasteiger partial charge in [-0.2, -0.15) is 0 Å². The molecule has 0 atom stereocenters. The molecule has 5 nitrogen and oxygen atoms in total. The van der Waals surface area contributed by atoms with Crippen LogP contribution in [0.15, 0.2) is 54.3 Å². The first-order valence-electron chi connectivity index (χ1n) is 9.64. The number of rotatable bonds is 7. The fourth-order valence-corrected chi connectivity index (χ4v) is 3.53. The van der Waals surface area contributed by atoms with E-state index in [-0.39, 0.29) is 12.2 Å². The van der Waals surface area contributed by atoms with Gasteiger partial charge in [-0.15, -0.1) is 0 Å². The topological polar surface area (TPSA) is 59.0 Å². The quantitative estimate of drug-likeness (QED) is 0.556. The molecule has 0 saturated carbocycles. The van der Waals surface area contributed by atoms with Gasteiger partial charge in [0.1, 0.15) is 23.7 Å². The molecule has 0 spiro atoms. The maximum Gasteiger partial charge on any atom is 0.339 e. The van der Waals surface area contributed by atoms with Crippen LogP contribution in [0.2, 0.25) is 0 Å². The summed E-state index contributed by atoms with van der Waals surface area (Å²) in [6.07, 6.45) is 3.74. The maximum absolute atomic E-state index is 11.8. The van der Waals surface area contributed by atoms with Gasteiger partial charge in [0, 0.05) is 24.8 Å². The number of carbonyl (C=O) groups is 1. The molecule has 0 aromatic heterocycles. The zero-order valence-corrected chi connectivity index (χ0v) is 16.5. The molecule has 0 amide bonds. The van der Waals surface area contributed by atoms with Crippen LogP contribution in [0.4, 0.5) is 5.69 Å². The number of nitrogens with zero attached hydrogens (tertiary/aromatic N) is 1. The van der Waals surface area contributed by atoms with E-state index in [2.05, 4.69) is 17.0 Å². The highest BCUT2D eigenvalue weighted by Crippen LogP contribution is 2.27. The Morgan fingerprint density at radius 1 is 1.07 bits per heavy atom. The first-order chi connectivity index (χ1) is 13.6. The van der Waals surface area contributed by atoms with Gasteiger partial charge < -0.3 is 19.5 Å². The molecule has 0 bridgehead atoms. The van der Waals surface area contributed by atoms with Crippen LogP contribution in [0, 0.1) is 0 Å². The first-order valence-corrected chi connectivity index (χ1v) is 9.64. The number of ether oxygens (including phenoxy) is 2. The molecule has 5 heteroatoms. The normalized spacial score (nSPS) is 15.0. The van der Waals surface area contributed by atoms with E-state index in [9.17, 15) is 9.90 Å². The molecule has 148 valence electrons. The molecule has 0 radical (unpaired) electrons. The van der Waals surface area contributed by atoms with E-state index in [1.165, 1.54) is 32.1 Å². The van der Waals surface area contributed by atoms with Crippen molar-refractivity contribution in [2.45, 2.75) is 32.8 Å². The summed E-state index contributed by atoms with van der Waals surface area (Å²) in [7, 11) is 1.48. The number of allylic oxidation sites excluding steroid dienone is 1. The van der Waals surface area contributed by atoms with Crippen molar-refractivity contribution in [2.75, 3.05) is 25.1 Å². The second kappa shape index (κ2) is 9.31. The summed E-state index contributed by atoms with van der Waals surface area (Å²) in [5.41, 5.74) is 2.75. The van der Waals surface area contributed by atoms with Gasteiger partial charge in [-0.1, -0.05) is 30.3 Å². The van der Waals surface area contributed by atoms with Crippen LogP contribution in [0.5, 0.6) is 5.75 Å². The van der Waals surface area contributed by atoms with E-state index in [1.54, 1.807) is 13.0 Å². The van der Waals surface area contributed by atoms with Crippen molar-refractivity contribution in [3.63, 3.8) is 0 Å². The molecule has 1 aliphatic rings. The van der Waals surface area contributed by atoms with Crippen LogP contribution in [0.3, 0.4) is 0 Å². The number of piperidine rings is 1. The summed E-state index contributed by atoms with van der Waals surface area (Å²) in [6.45, 7) is 4.10. The molecule has 3 rings (SSSR count). The van der Waals surface area contributed by atoms with Crippen LogP contribution in [-0.2, 0) is 16.1 Å². The van der Waals surface area contributed by atoms with E-state index in [0.29, 0.717) is 11.3 Å². The van der Waals surface area contributed by atoms with Gasteiger partial charge in [0.2, 0.25) is 0 Å². The lowest BCUT2D eigenvalue weighted by atomic mass is 9.99. The fourth-order valence-electron chi connectivity index (χ4n) is 3.53. The summed E-state index contributed by atoms with van der Waals surface area (Å²) < 4.78 is 11.2. The third kappa shape index (κ3) is 4.66. The lowest BCUT2D eigenvalue weighted by molar-refractivity contribution is -0.130. The van der Waals surface area contributed by atoms with Crippen molar-refractivity contribution in [3.05, 3.63) is 65.4 Å². The molecule has 1 heterocycles. The van der Waals surface area contributed by atoms with Crippen LogP contribution >= 0.6 is 0 Å². The lowest BCUT2D eigenvalue weighted by Gasteiger charge is -2.29. The molecule has 2 aromatic carbocycles. The molecule has 0 aliphatic carbocycles. The highest BCUT2D eigenvalue weighted by Gasteiger charge is 2.19. The second-order valence-electron chi connectivity index (χ2n) is 6.93. The summed E-state index contributed by atoms with van der Waals surface area (Å²) in [5.74, 6) is 0.133. The van der Waals surface area contributed by atoms with Gasteiger partial charge in [-0.25, -0.2) is 4.79 Å². The number of carboxylic acid groups (broad SMARTS) is 1. The van der Waals surface area contributed by atoms with Crippen molar-refractivity contribution >= 4 is 17.2 Å². The van der Waals surface area contributed by atoms with Gasteiger partial charge in [0.05, 0.1) is 7.11 Å². The van der Waals surface area contributed by atoms with Gasteiger partial charge in [0.15, 0.2) is 0 Å². The monoisotopic (exact) mass is 381 g/mol. The number of methoxy groups -OCH3 is 1. The van der Waals surface area contributed by atoms with E-state index in [1.807, 2.05) is 30.3 Å². The highest BCUT2D eigenvalue weighted by molar-refractivity contribution is 6.16. The third-order valence-electron chi connectivity index (χ3n) is 5.09. The maximum atomic E-state index is 11.8. The zero-order valence-electron chi connectivity index (χ0n) is 16.5. The molecule has 0 unspecified atom stereocenters. The minimum Gasteiger partial charge on any atom is -0.500 e. The lowest BCUT2D eigenvalue weighted by Crippen LogP contribution is -2.29. The predicted molar refractivity (Wildman–Crippen MR) is 111 cm³/mol. The van der Waals surface area contributed by atoms with Gasteiger partial charge in [-0.3, -0.25) is 0 Å². The summed E-state index contributed by atoms with van der Waals surface area (Å²) in [6, 6.07) is 15.5. The SMILES string of the molecule is COC(C)=C(C(=O)O)c1ccccc1COc1cccc(N2CCCCC2)c1. The van der Waals surface area contributed by atoms with Crippen LogP contribution in [0.25, 0.3) is 5.57 Å². The van der Waals surface area contributed by atoms with Crippen molar-refractivity contribution < 1.29 is 19.4 Å². The van der Waals surface area contributed by atoms with E-state index < -0.39 is 5.97 Å². The zero-order chi connectivity index (χ0) is 19.9. The van der Waals surface area contributed by atoms with E-state index in [0.717, 1.165) is 24.4 Å². The standard InChI is InChI=1S/C23H27NO4/c1-17(27-2)22(23(25)26)21-12-5-4-9-18(21)16-28-20-11-8-10-19(15-20)24-13-6-3-7-14-24/h4-5,8-12,15H,3,6-7,13-14,16H2,1-2H3,(H,25,26). The Bertz CT molecular complexity index is 853. The Hall–Kier alpha value is -2.95. The van der Waals surface area contributed by atoms with E-state index >= 15 is 0 Å². The predicted octanol–water partition coefficient (Wildman–Crippen LogP) is 4.72. The minimum absolute atomic E-state index is 0.156. The molecule has 2 aromatic rings. The van der Waals surface area contributed by atoms with Gasteiger partial charge >= 0.3 is 5.97 Å². The molecule has 1 N–H and O–H groups in total. The first kappa shape index (κ1) is 19.8. The number of hydrogen-bond donors (Lipinski definition) is 1. The molecule has 1 fully saturated rings. The molecular formula is C23H27NO4. The number of carboxylic acids is 1. The number of benzene rings is 2. The van der Waals surface area contributed by atoms with Crippen molar-refractivity contribution in [1.29, 1.82) is 0 Å². The van der Waals surface area contributed by atoms with Gasteiger partial charge in [0.25, 0.3) is 0 Å². The smallest absolute Gasteiger partial charge is 0.339 e. The average Bonchev–Trinajstić information content (AvgIpc) is 2.73. The Balaban J connectivity index is 1.80. The summed E-state index contributed by atoms with van der Waals surface area (Å²) in [4.78, 5) is 14.1. The third-order valence-corrected chi connectivity index (χ3v) is 5.09. The van der Waals surface area contributed by atoms with Crippen LogP contribution in [-0.4, -0.2) is 31.3 Å². The van der Waals surface area contributed by atoms with Crippen LogP contribution in [0.1, 0.15) is 37.3 Å². The van der Waals surface area contributed by atoms with Crippen molar-refractivity contribution in [1.82, 2.24) is 0 Å². The number of anilines is 1. The number of aliphatic carboxylic acids is 1. The Kier molecular flexibility index (Phi) is 6.58. The summed E-state index contributed by atoms with van der Waals surface area (Å²) >= 11 is 0. The van der Waals surface area contributed by atoms with Crippen LogP contribution < -0.4 is 9.64 Å². The summed E-state index contributed by atoms with van der Waals surface area (Å²) in [5, 5.41) is 9.63. The minimum atomic E-state index is -1.01. The van der Waals surface area contributed by atoms with Crippen molar-refractivity contribution in [3.8, 4) is 5.75 Å². The largest absolute Gasteiger partial charge is 0.500 e. The molecule has 1 aliphatic heterocycles. The second-order valence-corrected chi connectivity index (χ2v) is 6.93. The Labute approximate surface area is 166 Å². The highest BCUT2D eigenvalue weighted by atomic mass is 16.5. The molecule has 1 saturated heterocycles. The van der Waals surface area contributed by atoms with E-state index in [4.69, 9.17) is 9.47 Å². The average molecular weight is 381 g/mol. The fraction of sp³-hybridized carbons (Fsp3) is 0.348. The molecule has 28 heavy (non-hydrogen) atoms. The number of hydrogen-bond acceptors (Lipinski definition) is 4. The Morgan fingerprint density at radius 2 is 1.82 bits per heavy atom. The molecular weight excluding hydrogens is 354 g/mol. The van der Waals surface area contributed by atoms with Gasteiger partial charge in [-0.05, 0) is 49.4 Å².